The van der Waals surface area contributed by atoms with Gasteiger partial charge in [0.2, 0.25) is 0 Å². The van der Waals surface area contributed by atoms with Crippen LogP contribution in [0.2, 0.25) is 0 Å². The number of hydrogen-bond acceptors (Lipinski definition) is 3. The van der Waals surface area contributed by atoms with E-state index in [0.29, 0.717) is 17.8 Å². The highest BCUT2D eigenvalue weighted by molar-refractivity contribution is 5.89. The second-order valence-corrected chi connectivity index (χ2v) is 7.30. The van der Waals surface area contributed by atoms with E-state index in [9.17, 15) is 4.79 Å². The van der Waals surface area contributed by atoms with Gasteiger partial charge in [0.15, 0.2) is 0 Å². The topological polar surface area (TPSA) is 54.5 Å². The van der Waals surface area contributed by atoms with E-state index in [0.717, 1.165) is 44.7 Å². The molecule has 1 aliphatic carbocycles. The lowest BCUT2D eigenvalue weighted by Gasteiger charge is -2.37. The number of fused-ring (bicyclic) bond motifs is 2. The Morgan fingerprint density at radius 3 is 2.96 bits per heavy atom. The third-order valence-corrected chi connectivity index (χ3v) is 6.02. The molecule has 2 amide bonds. The fraction of sp³-hybridized carbons (Fsp3) is 0.667. The number of aryl methyl sites for hydroxylation is 1. The Balaban J connectivity index is 1.53. The summed E-state index contributed by atoms with van der Waals surface area (Å²) in [5, 5.41) is 3.00. The minimum absolute atomic E-state index is 0.0170. The third kappa shape index (κ3) is 2.61. The number of carbonyl (C=O) groups excluding carboxylic acids is 1. The Bertz CT molecular complexity index is 598. The monoisotopic (exact) mass is 315 g/mol. The average molecular weight is 315 g/mol. The van der Waals surface area contributed by atoms with E-state index in [1.807, 2.05) is 25.1 Å². The van der Waals surface area contributed by atoms with Crippen LogP contribution >= 0.6 is 0 Å². The third-order valence-electron chi connectivity index (χ3n) is 6.02. The Morgan fingerprint density at radius 2 is 2.17 bits per heavy atom. The number of ether oxygens (including phenoxy) is 1. The van der Waals surface area contributed by atoms with Gasteiger partial charge in [0, 0.05) is 31.5 Å². The first kappa shape index (κ1) is 14.9. The van der Waals surface area contributed by atoms with Crippen LogP contribution in [0.15, 0.2) is 18.2 Å². The van der Waals surface area contributed by atoms with Crippen LogP contribution < -0.4 is 5.32 Å². The highest BCUT2D eigenvalue weighted by Crippen LogP contribution is 2.53. The molecule has 1 spiro atoms. The van der Waals surface area contributed by atoms with Crippen molar-refractivity contribution in [2.24, 2.45) is 11.3 Å². The van der Waals surface area contributed by atoms with Crippen LogP contribution in [0.1, 0.15) is 37.8 Å². The number of likely N-dealkylation sites (tertiary alicyclic amines) is 1. The SMILES string of the molecule is Cc1cccc(NC(=O)N2CC3(CCOCC3)[C@@H]3CCC[C@@H]32)n1. The summed E-state index contributed by atoms with van der Waals surface area (Å²) < 4.78 is 5.58. The van der Waals surface area contributed by atoms with E-state index in [1.165, 1.54) is 12.8 Å². The normalized spacial score (nSPS) is 28.8. The Labute approximate surface area is 137 Å². The van der Waals surface area contributed by atoms with Crippen molar-refractivity contribution in [2.45, 2.75) is 45.1 Å². The maximum Gasteiger partial charge on any atom is 0.323 e. The predicted molar refractivity (Wildman–Crippen MR) is 88.3 cm³/mol. The zero-order valence-corrected chi connectivity index (χ0v) is 13.8. The van der Waals surface area contributed by atoms with Gasteiger partial charge in [-0.05, 0) is 56.1 Å². The van der Waals surface area contributed by atoms with Crippen molar-refractivity contribution in [3.8, 4) is 0 Å². The highest BCUT2D eigenvalue weighted by Gasteiger charge is 2.55. The number of pyridine rings is 1. The van der Waals surface area contributed by atoms with Crippen LogP contribution in [0.3, 0.4) is 0 Å². The number of carbonyl (C=O) groups is 1. The lowest BCUT2D eigenvalue weighted by molar-refractivity contribution is -0.000304. The minimum atomic E-state index is 0.0170. The number of rotatable bonds is 1. The second-order valence-electron chi connectivity index (χ2n) is 7.30. The van der Waals surface area contributed by atoms with Crippen molar-refractivity contribution in [2.75, 3.05) is 25.1 Å². The molecule has 0 bridgehead atoms. The van der Waals surface area contributed by atoms with E-state index in [4.69, 9.17) is 4.74 Å². The number of nitrogens with zero attached hydrogens (tertiary/aromatic N) is 2. The molecule has 3 heterocycles. The lowest BCUT2D eigenvalue weighted by Crippen LogP contribution is -2.40. The fourth-order valence-electron chi connectivity index (χ4n) is 4.92. The average Bonchev–Trinajstić information content (AvgIpc) is 3.12. The van der Waals surface area contributed by atoms with Crippen molar-refractivity contribution in [1.82, 2.24) is 9.88 Å². The quantitative estimate of drug-likeness (QED) is 0.866. The number of urea groups is 1. The summed E-state index contributed by atoms with van der Waals surface area (Å²) in [5.41, 5.74) is 1.21. The molecule has 1 aromatic rings. The Morgan fingerprint density at radius 1 is 1.35 bits per heavy atom. The molecule has 5 nitrogen and oxygen atoms in total. The van der Waals surface area contributed by atoms with Crippen LogP contribution in [0, 0.1) is 18.3 Å². The molecule has 23 heavy (non-hydrogen) atoms. The van der Waals surface area contributed by atoms with E-state index in [-0.39, 0.29) is 11.4 Å². The van der Waals surface area contributed by atoms with E-state index < -0.39 is 0 Å². The molecule has 2 saturated heterocycles. The first-order valence-electron chi connectivity index (χ1n) is 8.77. The molecular formula is C18H25N3O2. The largest absolute Gasteiger partial charge is 0.381 e. The number of aromatic nitrogens is 1. The first-order chi connectivity index (χ1) is 11.2. The number of nitrogens with one attached hydrogen (secondary N) is 1. The van der Waals surface area contributed by atoms with Crippen molar-refractivity contribution in [1.29, 1.82) is 0 Å². The summed E-state index contributed by atoms with van der Waals surface area (Å²) in [4.78, 5) is 19.3. The van der Waals surface area contributed by atoms with Gasteiger partial charge in [0.25, 0.3) is 0 Å². The Hall–Kier alpha value is -1.62. The zero-order valence-electron chi connectivity index (χ0n) is 13.8. The summed E-state index contributed by atoms with van der Waals surface area (Å²) in [7, 11) is 0. The maximum atomic E-state index is 12.8. The van der Waals surface area contributed by atoms with Gasteiger partial charge in [-0.1, -0.05) is 12.5 Å². The minimum Gasteiger partial charge on any atom is -0.381 e. The zero-order chi connectivity index (χ0) is 15.9. The second kappa shape index (κ2) is 5.78. The summed E-state index contributed by atoms with van der Waals surface area (Å²) >= 11 is 0. The molecule has 3 fully saturated rings. The van der Waals surface area contributed by atoms with Gasteiger partial charge in [0.05, 0.1) is 0 Å². The van der Waals surface area contributed by atoms with Gasteiger partial charge in [0.1, 0.15) is 5.82 Å². The number of hydrogen-bond donors (Lipinski definition) is 1. The van der Waals surface area contributed by atoms with Crippen LogP contribution in [-0.2, 0) is 4.74 Å². The standard InChI is InChI=1S/C18H25N3O2/c1-13-4-2-7-16(19-13)20-17(22)21-12-18(8-10-23-11-9-18)14-5-3-6-15(14)21/h2,4,7,14-15H,3,5-6,8-12H2,1H3,(H,19,20,22)/t14-,15+/m1/s1. The van der Waals surface area contributed by atoms with Crippen LogP contribution in [0.5, 0.6) is 0 Å². The van der Waals surface area contributed by atoms with Crippen LogP contribution in [0.4, 0.5) is 10.6 Å². The van der Waals surface area contributed by atoms with Crippen LogP contribution in [-0.4, -0.2) is 41.7 Å². The molecule has 1 saturated carbocycles. The van der Waals surface area contributed by atoms with Gasteiger partial charge in [-0.3, -0.25) is 5.32 Å². The van der Waals surface area contributed by atoms with Gasteiger partial charge in [-0.25, -0.2) is 9.78 Å². The van der Waals surface area contributed by atoms with Crippen molar-refractivity contribution < 1.29 is 9.53 Å². The van der Waals surface area contributed by atoms with Crippen LogP contribution in [0.25, 0.3) is 0 Å². The molecule has 5 heteroatoms. The first-order valence-corrected chi connectivity index (χ1v) is 8.77. The van der Waals surface area contributed by atoms with Gasteiger partial charge < -0.3 is 9.64 Å². The molecule has 4 rings (SSSR count). The highest BCUT2D eigenvalue weighted by atomic mass is 16.5. The molecule has 0 aromatic carbocycles. The van der Waals surface area contributed by atoms with Crippen molar-refractivity contribution in [3.05, 3.63) is 23.9 Å². The van der Waals surface area contributed by atoms with Crippen molar-refractivity contribution in [3.63, 3.8) is 0 Å². The van der Waals surface area contributed by atoms with Crippen molar-refractivity contribution >= 4 is 11.8 Å². The van der Waals surface area contributed by atoms with Gasteiger partial charge in [-0.2, -0.15) is 0 Å². The van der Waals surface area contributed by atoms with Gasteiger partial charge in [-0.15, -0.1) is 0 Å². The summed E-state index contributed by atoms with van der Waals surface area (Å²) in [5.74, 6) is 1.31. The smallest absolute Gasteiger partial charge is 0.323 e. The summed E-state index contributed by atoms with van der Waals surface area (Å²) in [6, 6.07) is 6.15. The van der Waals surface area contributed by atoms with E-state index in [2.05, 4.69) is 15.2 Å². The van der Waals surface area contributed by atoms with Gasteiger partial charge >= 0.3 is 6.03 Å². The molecule has 2 aliphatic heterocycles. The maximum absolute atomic E-state index is 12.8. The molecule has 1 N–H and O–H groups in total. The molecule has 1 aromatic heterocycles. The Kier molecular flexibility index (Phi) is 3.76. The molecule has 0 unspecified atom stereocenters. The molecule has 124 valence electrons. The van der Waals surface area contributed by atoms with E-state index >= 15 is 0 Å². The lowest BCUT2D eigenvalue weighted by atomic mass is 9.71. The summed E-state index contributed by atoms with van der Waals surface area (Å²) in [6.07, 6.45) is 5.84. The predicted octanol–water partition coefficient (Wildman–Crippen LogP) is 3.20. The molecular weight excluding hydrogens is 290 g/mol. The molecule has 3 aliphatic rings. The molecule has 0 radical (unpaired) electrons. The summed E-state index contributed by atoms with van der Waals surface area (Å²) in [6.45, 7) is 4.51. The number of amides is 2. The number of anilines is 1. The van der Waals surface area contributed by atoms with E-state index in [1.54, 1.807) is 0 Å². The fourth-order valence-corrected chi connectivity index (χ4v) is 4.92. The molecule has 2 atom stereocenters.